The SMILES string of the molecule is NC/C=C(\F)CCNC[C@H]1O[C@@H](n2cnc3c(N)ncnc32)[C@H](O)[C@@H]1O. The predicted octanol–water partition coefficient (Wildman–Crippen LogP) is -1.18. The lowest BCUT2D eigenvalue weighted by Crippen LogP contribution is -2.38. The Morgan fingerprint density at radius 3 is 2.92 bits per heavy atom. The molecule has 1 saturated heterocycles. The molecule has 0 bridgehead atoms. The number of ether oxygens (including phenoxy) is 1. The Hall–Kier alpha value is -2.18. The Kier molecular flexibility index (Phi) is 5.74. The third kappa shape index (κ3) is 3.66. The van der Waals surface area contributed by atoms with E-state index >= 15 is 0 Å². The number of nitrogens with two attached hydrogens (primary N) is 2. The molecule has 1 aliphatic rings. The Bertz CT molecular complexity index is 784. The highest BCUT2D eigenvalue weighted by molar-refractivity contribution is 5.81. The second-order valence-corrected chi connectivity index (χ2v) is 5.97. The fraction of sp³-hybridized carbons (Fsp3) is 0.533. The van der Waals surface area contributed by atoms with E-state index in [9.17, 15) is 14.6 Å². The summed E-state index contributed by atoms with van der Waals surface area (Å²) in [5.74, 6) is -0.0829. The van der Waals surface area contributed by atoms with Gasteiger partial charge < -0.3 is 31.7 Å². The van der Waals surface area contributed by atoms with Crippen LogP contribution in [0.3, 0.4) is 0 Å². The van der Waals surface area contributed by atoms with Crippen molar-refractivity contribution in [2.75, 3.05) is 25.4 Å². The first-order chi connectivity index (χ1) is 12.5. The van der Waals surface area contributed by atoms with Gasteiger partial charge in [-0.15, -0.1) is 0 Å². The van der Waals surface area contributed by atoms with Crippen molar-refractivity contribution >= 4 is 17.0 Å². The second kappa shape index (κ2) is 8.01. The van der Waals surface area contributed by atoms with Gasteiger partial charge in [-0.2, -0.15) is 0 Å². The number of hydrogen-bond donors (Lipinski definition) is 5. The van der Waals surface area contributed by atoms with E-state index in [1.807, 2.05) is 0 Å². The fourth-order valence-corrected chi connectivity index (χ4v) is 2.87. The zero-order chi connectivity index (χ0) is 18.7. The highest BCUT2D eigenvalue weighted by Gasteiger charge is 2.44. The topological polar surface area (TPSA) is 157 Å². The minimum absolute atomic E-state index is 0.150. The maximum atomic E-state index is 13.3. The first-order valence-corrected chi connectivity index (χ1v) is 8.22. The quantitative estimate of drug-likeness (QED) is 0.380. The number of nitrogens with one attached hydrogen (secondary N) is 1. The minimum atomic E-state index is -1.18. The maximum absolute atomic E-state index is 13.3. The van der Waals surface area contributed by atoms with Crippen LogP contribution in [0.25, 0.3) is 11.2 Å². The molecule has 0 aliphatic carbocycles. The van der Waals surface area contributed by atoms with Crippen molar-refractivity contribution < 1.29 is 19.3 Å². The van der Waals surface area contributed by atoms with E-state index in [4.69, 9.17) is 16.2 Å². The molecule has 26 heavy (non-hydrogen) atoms. The molecule has 0 amide bonds. The number of aliphatic hydroxyl groups excluding tert-OH is 2. The van der Waals surface area contributed by atoms with Crippen LogP contribution in [0.5, 0.6) is 0 Å². The van der Waals surface area contributed by atoms with E-state index in [0.717, 1.165) is 0 Å². The number of nitrogens with zero attached hydrogens (tertiary/aromatic N) is 4. The van der Waals surface area contributed by atoms with Crippen LogP contribution < -0.4 is 16.8 Å². The number of aliphatic hydroxyl groups is 2. The van der Waals surface area contributed by atoms with Crippen LogP contribution in [0.4, 0.5) is 10.2 Å². The van der Waals surface area contributed by atoms with Gasteiger partial charge in [0.15, 0.2) is 17.7 Å². The minimum Gasteiger partial charge on any atom is -0.387 e. The second-order valence-electron chi connectivity index (χ2n) is 5.97. The first kappa shape index (κ1) is 18.6. The van der Waals surface area contributed by atoms with Crippen molar-refractivity contribution in [2.45, 2.75) is 31.0 Å². The molecule has 0 unspecified atom stereocenters. The highest BCUT2D eigenvalue weighted by Crippen LogP contribution is 2.31. The fourth-order valence-electron chi connectivity index (χ4n) is 2.87. The van der Waals surface area contributed by atoms with Crippen molar-refractivity contribution in [1.82, 2.24) is 24.8 Å². The zero-order valence-electron chi connectivity index (χ0n) is 14.0. The van der Waals surface area contributed by atoms with Crippen molar-refractivity contribution in [3.8, 4) is 0 Å². The van der Waals surface area contributed by atoms with Crippen LogP contribution in [0.2, 0.25) is 0 Å². The smallest absolute Gasteiger partial charge is 0.167 e. The van der Waals surface area contributed by atoms with Gasteiger partial charge in [-0.05, 0) is 6.08 Å². The van der Waals surface area contributed by atoms with Crippen molar-refractivity contribution in [3.05, 3.63) is 24.6 Å². The first-order valence-electron chi connectivity index (χ1n) is 8.22. The van der Waals surface area contributed by atoms with E-state index in [1.165, 1.54) is 23.3 Å². The van der Waals surface area contributed by atoms with E-state index in [2.05, 4.69) is 20.3 Å². The Labute approximate surface area is 148 Å². The standard InChI is InChI=1S/C15H22FN7O3/c16-8(1-3-17)2-4-19-5-9-11(24)12(25)15(26-9)23-7-22-10-13(18)20-6-21-14(10)23/h1,6-7,9,11-12,15,19,24-25H,2-5,17H2,(H2,18,20,21)/b8-1-/t9-,11-,12-,15-/m1/s1. The third-order valence-electron chi connectivity index (χ3n) is 4.22. The lowest BCUT2D eigenvalue weighted by Gasteiger charge is -2.16. The van der Waals surface area contributed by atoms with Gasteiger partial charge in [-0.25, -0.2) is 19.3 Å². The zero-order valence-corrected chi connectivity index (χ0v) is 14.0. The summed E-state index contributed by atoms with van der Waals surface area (Å²) in [5, 5.41) is 23.6. The molecule has 0 radical (unpaired) electrons. The molecule has 1 aliphatic heterocycles. The summed E-state index contributed by atoms with van der Waals surface area (Å²) < 4.78 is 20.5. The molecule has 142 valence electrons. The van der Waals surface area contributed by atoms with Gasteiger partial charge in [0.05, 0.1) is 12.2 Å². The van der Waals surface area contributed by atoms with Gasteiger partial charge in [0.1, 0.15) is 30.2 Å². The van der Waals surface area contributed by atoms with Gasteiger partial charge in [0.25, 0.3) is 0 Å². The van der Waals surface area contributed by atoms with E-state index in [0.29, 0.717) is 17.7 Å². The van der Waals surface area contributed by atoms with Crippen LogP contribution in [-0.4, -0.2) is 67.7 Å². The Morgan fingerprint density at radius 1 is 1.35 bits per heavy atom. The number of aromatic nitrogens is 4. The summed E-state index contributed by atoms with van der Waals surface area (Å²) in [4.78, 5) is 12.1. The molecule has 0 saturated carbocycles. The number of anilines is 1. The molecule has 7 N–H and O–H groups in total. The van der Waals surface area contributed by atoms with Crippen LogP contribution in [0.15, 0.2) is 24.6 Å². The van der Waals surface area contributed by atoms with Crippen LogP contribution in [-0.2, 0) is 4.74 Å². The molecule has 1 fully saturated rings. The number of hydrogen-bond acceptors (Lipinski definition) is 9. The van der Waals surface area contributed by atoms with Crippen LogP contribution in [0, 0.1) is 0 Å². The average molecular weight is 367 g/mol. The predicted molar refractivity (Wildman–Crippen MR) is 91.4 cm³/mol. The molecule has 3 rings (SSSR count). The summed E-state index contributed by atoms with van der Waals surface area (Å²) >= 11 is 0. The van der Waals surface area contributed by atoms with Crippen molar-refractivity contribution in [1.29, 1.82) is 0 Å². The van der Waals surface area contributed by atoms with Gasteiger partial charge in [0.2, 0.25) is 0 Å². The number of fused-ring (bicyclic) bond motifs is 1. The largest absolute Gasteiger partial charge is 0.387 e. The highest BCUT2D eigenvalue weighted by atomic mass is 19.1. The molecule has 10 nitrogen and oxygen atoms in total. The lowest BCUT2D eigenvalue weighted by molar-refractivity contribution is -0.0341. The summed E-state index contributed by atoms with van der Waals surface area (Å²) in [6.07, 6.45) is 0.375. The Morgan fingerprint density at radius 2 is 2.15 bits per heavy atom. The van der Waals surface area contributed by atoms with E-state index in [-0.39, 0.29) is 31.2 Å². The molecular weight excluding hydrogens is 345 g/mol. The van der Waals surface area contributed by atoms with Crippen molar-refractivity contribution in [3.63, 3.8) is 0 Å². The average Bonchev–Trinajstić information content (AvgIpc) is 3.16. The Balaban J connectivity index is 1.64. The van der Waals surface area contributed by atoms with E-state index < -0.39 is 24.5 Å². The molecule has 2 aromatic heterocycles. The molecule has 3 heterocycles. The molecule has 11 heteroatoms. The third-order valence-corrected chi connectivity index (χ3v) is 4.22. The maximum Gasteiger partial charge on any atom is 0.167 e. The van der Waals surface area contributed by atoms with Gasteiger partial charge in [0, 0.05) is 26.1 Å². The lowest BCUT2D eigenvalue weighted by atomic mass is 10.1. The van der Waals surface area contributed by atoms with Gasteiger partial charge in [-0.1, -0.05) is 0 Å². The number of imidazole rings is 1. The van der Waals surface area contributed by atoms with Crippen molar-refractivity contribution in [2.24, 2.45) is 5.73 Å². The van der Waals surface area contributed by atoms with E-state index in [1.54, 1.807) is 0 Å². The molecular formula is C15H22FN7O3. The molecule has 4 atom stereocenters. The monoisotopic (exact) mass is 367 g/mol. The number of nitrogen functional groups attached to an aromatic ring is 1. The molecule has 0 spiro atoms. The summed E-state index contributed by atoms with van der Waals surface area (Å²) in [7, 11) is 0. The molecule has 0 aromatic carbocycles. The van der Waals surface area contributed by atoms with Gasteiger partial charge >= 0.3 is 0 Å². The normalized spacial score (nSPS) is 26.7. The summed E-state index contributed by atoms with van der Waals surface area (Å²) in [6, 6.07) is 0. The van der Waals surface area contributed by atoms with Crippen LogP contribution >= 0.6 is 0 Å². The van der Waals surface area contributed by atoms with Gasteiger partial charge in [-0.3, -0.25) is 4.57 Å². The number of halogens is 1. The summed E-state index contributed by atoms with van der Waals surface area (Å²) in [5.41, 5.74) is 11.8. The summed E-state index contributed by atoms with van der Waals surface area (Å²) in [6.45, 7) is 0.749. The van der Waals surface area contributed by atoms with Crippen LogP contribution in [0.1, 0.15) is 12.6 Å². The molecule has 2 aromatic rings. The number of rotatable bonds is 7.